The topological polar surface area (TPSA) is 17.0 Å². The first-order valence-electron chi connectivity index (χ1n) is 7.81. The van der Waals surface area contributed by atoms with Gasteiger partial charge in [0.05, 0.1) is 0 Å². The van der Waals surface area contributed by atoms with Crippen LogP contribution in [0.1, 0.15) is 39.0 Å². The van der Waals surface area contributed by atoms with E-state index in [2.05, 4.69) is 65.6 Å². The van der Waals surface area contributed by atoms with Gasteiger partial charge in [-0.3, -0.25) is 0 Å². The summed E-state index contributed by atoms with van der Waals surface area (Å²) in [5.74, 6) is 0.896. The number of benzene rings is 1. The van der Waals surface area contributed by atoms with Crippen LogP contribution in [0, 0.1) is 5.92 Å². The highest BCUT2D eigenvalue weighted by atomic mass is 15.0. The third-order valence-electron chi connectivity index (χ3n) is 4.38. The zero-order valence-corrected chi connectivity index (χ0v) is 12.3. The molecule has 0 spiro atoms. The number of nitrogens with zero attached hydrogens (tertiary/aromatic N) is 1. The van der Waals surface area contributed by atoms with Gasteiger partial charge in [0.25, 0.3) is 0 Å². The van der Waals surface area contributed by atoms with Crippen LogP contribution in [0.4, 0.5) is 5.69 Å². The van der Waals surface area contributed by atoms with Crippen molar-refractivity contribution in [1.29, 1.82) is 0 Å². The number of anilines is 1. The van der Waals surface area contributed by atoms with Crippen LogP contribution in [0.2, 0.25) is 0 Å². The van der Waals surface area contributed by atoms with Crippen molar-refractivity contribution in [2.75, 3.05) is 5.32 Å². The van der Waals surface area contributed by atoms with Crippen LogP contribution in [-0.2, 0) is 0 Å². The number of hydrogen-bond donors (Lipinski definition) is 1. The Morgan fingerprint density at radius 1 is 1.00 bits per heavy atom. The maximum absolute atomic E-state index is 3.73. The van der Waals surface area contributed by atoms with Crippen LogP contribution < -0.4 is 5.32 Å². The summed E-state index contributed by atoms with van der Waals surface area (Å²) < 4.78 is 2.15. The van der Waals surface area contributed by atoms with E-state index < -0.39 is 0 Å². The van der Waals surface area contributed by atoms with E-state index in [1.807, 2.05) is 0 Å². The van der Waals surface area contributed by atoms with Crippen molar-refractivity contribution < 1.29 is 0 Å². The largest absolute Gasteiger partial charge is 0.382 e. The molecule has 2 aromatic rings. The predicted molar refractivity (Wildman–Crippen MR) is 85.4 cm³/mol. The quantitative estimate of drug-likeness (QED) is 0.787. The zero-order chi connectivity index (χ0) is 13.8. The Labute approximate surface area is 121 Å². The Hall–Kier alpha value is -1.70. The monoisotopic (exact) mass is 268 g/mol. The maximum atomic E-state index is 3.73. The maximum Gasteiger partial charge on any atom is 0.0469 e. The summed E-state index contributed by atoms with van der Waals surface area (Å²) in [4.78, 5) is 0. The van der Waals surface area contributed by atoms with E-state index >= 15 is 0 Å². The van der Waals surface area contributed by atoms with Crippen molar-refractivity contribution in [3.05, 3.63) is 48.8 Å². The number of nitrogens with one attached hydrogen (secondary N) is 1. The Balaban J connectivity index is 1.70. The molecule has 1 aliphatic carbocycles. The Kier molecular flexibility index (Phi) is 4.10. The fourth-order valence-corrected chi connectivity index (χ4v) is 3.13. The Morgan fingerprint density at radius 3 is 2.70 bits per heavy atom. The summed E-state index contributed by atoms with van der Waals surface area (Å²) in [6.07, 6.45) is 10.9. The summed E-state index contributed by atoms with van der Waals surface area (Å²) in [5, 5.41) is 3.73. The van der Waals surface area contributed by atoms with Gasteiger partial charge in [-0.2, -0.15) is 0 Å². The van der Waals surface area contributed by atoms with E-state index in [0.717, 1.165) is 5.92 Å². The van der Waals surface area contributed by atoms with Gasteiger partial charge in [0.15, 0.2) is 0 Å². The van der Waals surface area contributed by atoms with Crippen molar-refractivity contribution >= 4 is 5.69 Å². The lowest BCUT2D eigenvalue weighted by Gasteiger charge is -2.18. The van der Waals surface area contributed by atoms with Crippen LogP contribution >= 0.6 is 0 Å². The first-order valence-corrected chi connectivity index (χ1v) is 7.81. The number of rotatable bonds is 3. The van der Waals surface area contributed by atoms with E-state index in [0.29, 0.717) is 6.04 Å². The second kappa shape index (κ2) is 6.17. The molecule has 1 aromatic carbocycles. The molecular weight excluding hydrogens is 244 g/mol. The van der Waals surface area contributed by atoms with Crippen LogP contribution in [0.3, 0.4) is 0 Å². The minimum Gasteiger partial charge on any atom is -0.382 e. The highest BCUT2D eigenvalue weighted by Crippen LogP contribution is 2.25. The van der Waals surface area contributed by atoms with E-state index in [1.165, 1.54) is 43.5 Å². The third kappa shape index (κ3) is 3.24. The molecule has 0 radical (unpaired) electrons. The molecule has 1 N–H and O–H groups in total. The minimum absolute atomic E-state index is 0.639. The van der Waals surface area contributed by atoms with Gasteiger partial charge in [-0.15, -0.1) is 0 Å². The normalized spacial score (nSPS) is 23.2. The van der Waals surface area contributed by atoms with Gasteiger partial charge >= 0.3 is 0 Å². The van der Waals surface area contributed by atoms with E-state index in [9.17, 15) is 0 Å². The molecule has 20 heavy (non-hydrogen) atoms. The minimum atomic E-state index is 0.639. The van der Waals surface area contributed by atoms with Crippen LogP contribution in [-0.4, -0.2) is 10.6 Å². The second-order valence-corrected chi connectivity index (χ2v) is 6.10. The second-order valence-electron chi connectivity index (χ2n) is 6.10. The van der Waals surface area contributed by atoms with E-state index in [-0.39, 0.29) is 0 Å². The molecule has 106 valence electrons. The van der Waals surface area contributed by atoms with E-state index in [4.69, 9.17) is 0 Å². The standard InChI is InChI=1S/C18H24N2/c1-15-6-4-7-16(11-10-15)19-17-8-5-9-18(14-17)20-12-2-3-13-20/h2-3,5,8-9,12-16,19H,4,6-7,10-11H2,1H3. The summed E-state index contributed by atoms with van der Waals surface area (Å²) >= 11 is 0. The molecule has 0 amide bonds. The molecule has 1 fully saturated rings. The molecule has 2 nitrogen and oxygen atoms in total. The van der Waals surface area contributed by atoms with E-state index in [1.54, 1.807) is 0 Å². The van der Waals surface area contributed by atoms with Crippen molar-refractivity contribution in [1.82, 2.24) is 4.57 Å². The zero-order valence-electron chi connectivity index (χ0n) is 12.3. The summed E-state index contributed by atoms with van der Waals surface area (Å²) in [5.41, 5.74) is 2.47. The molecule has 2 atom stereocenters. The molecule has 1 aliphatic rings. The van der Waals surface area contributed by atoms with Crippen molar-refractivity contribution in [2.45, 2.75) is 45.1 Å². The van der Waals surface area contributed by atoms with Gasteiger partial charge in [-0.25, -0.2) is 0 Å². The molecule has 0 bridgehead atoms. The van der Waals surface area contributed by atoms with Gasteiger partial charge in [0.1, 0.15) is 0 Å². The van der Waals surface area contributed by atoms with Gasteiger partial charge in [0, 0.05) is 29.8 Å². The summed E-state index contributed by atoms with van der Waals surface area (Å²) in [6, 6.07) is 13.5. The molecule has 2 unspecified atom stereocenters. The third-order valence-corrected chi connectivity index (χ3v) is 4.38. The van der Waals surface area contributed by atoms with Crippen molar-refractivity contribution in [3.8, 4) is 5.69 Å². The van der Waals surface area contributed by atoms with Crippen LogP contribution in [0.15, 0.2) is 48.8 Å². The fraction of sp³-hybridized carbons (Fsp3) is 0.444. The molecule has 1 saturated carbocycles. The van der Waals surface area contributed by atoms with Crippen molar-refractivity contribution in [2.24, 2.45) is 5.92 Å². The smallest absolute Gasteiger partial charge is 0.0469 e. The number of aromatic nitrogens is 1. The lowest BCUT2D eigenvalue weighted by atomic mass is 10.0. The van der Waals surface area contributed by atoms with Gasteiger partial charge in [0.2, 0.25) is 0 Å². The van der Waals surface area contributed by atoms with Crippen LogP contribution in [0.25, 0.3) is 5.69 Å². The predicted octanol–water partition coefficient (Wildman–Crippen LogP) is 4.86. The molecular formula is C18H24N2. The summed E-state index contributed by atoms with van der Waals surface area (Å²) in [7, 11) is 0. The molecule has 1 aromatic heterocycles. The molecule has 1 heterocycles. The highest BCUT2D eigenvalue weighted by Gasteiger charge is 2.15. The fourth-order valence-electron chi connectivity index (χ4n) is 3.13. The van der Waals surface area contributed by atoms with Gasteiger partial charge in [-0.1, -0.05) is 25.8 Å². The number of hydrogen-bond acceptors (Lipinski definition) is 1. The average Bonchev–Trinajstić information content (AvgIpc) is 2.92. The molecule has 0 saturated heterocycles. The average molecular weight is 268 g/mol. The van der Waals surface area contributed by atoms with Gasteiger partial charge in [-0.05, 0) is 55.5 Å². The molecule has 2 heteroatoms. The van der Waals surface area contributed by atoms with Crippen LogP contribution in [0.5, 0.6) is 0 Å². The van der Waals surface area contributed by atoms with Crippen molar-refractivity contribution in [3.63, 3.8) is 0 Å². The lowest BCUT2D eigenvalue weighted by molar-refractivity contribution is 0.502. The highest BCUT2D eigenvalue weighted by molar-refractivity contribution is 5.51. The first kappa shape index (κ1) is 13.3. The SMILES string of the molecule is CC1CCCC(Nc2cccc(-n3cccc3)c2)CC1. The molecule has 3 rings (SSSR count). The lowest BCUT2D eigenvalue weighted by Crippen LogP contribution is -2.18. The molecule has 0 aliphatic heterocycles. The Morgan fingerprint density at radius 2 is 1.85 bits per heavy atom. The van der Waals surface area contributed by atoms with Gasteiger partial charge < -0.3 is 9.88 Å². The summed E-state index contributed by atoms with van der Waals surface area (Å²) in [6.45, 7) is 2.38. The first-order chi connectivity index (χ1) is 9.81. The Bertz CT molecular complexity index is 530.